The maximum Gasteiger partial charge on any atom is 0.191 e. The van der Waals surface area contributed by atoms with Gasteiger partial charge < -0.3 is 15.4 Å². The lowest BCUT2D eigenvalue weighted by Crippen LogP contribution is -2.41. The Bertz CT molecular complexity index is 447. The highest BCUT2D eigenvalue weighted by Crippen LogP contribution is 2.22. The SMILES string of the molecule is CCNC(=NCCc1ccc(OC)cc1Cl)NC(C)C. The number of halogens is 1. The Hall–Kier alpha value is -1.42. The van der Waals surface area contributed by atoms with E-state index in [1.54, 1.807) is 7.11 Å². The lowest BCUT2D eigenvalue weighted by molar-refractivity contribution is 0.414. The molecule has 0 saturated heterocycles. The number of hydrogen-bond acceptors (Lipinski definition) is 2. The van der Waals surface area contributed by atoms with E-state index in [1.807, 2.05) is 18.2 Å². The van der Waals surface area contributed by atoms with Crippen molar-refractivity contribution in [3.63, 3.8) is 0 Å². The highest BCUT2D eigenvalue weighted by Gasteiger charge is 2.03. The molecule has 112 valence electrons. The number of nitrogens with zero attached hydrogens (tertiary/aromatic N) is 1. The van der Waals surface area contributed by atoms with Gasteiger partial charge in [0, 0.05) is 24.2 Å². The van der Waals surface area contributed by atoms with Gasteiger partial charge in [-0.25, -0.2) is 0 Å². The van der Waals surface area contributed by atoms with Gasteiger partial charge in [-0.05, 0) is 44.9 Å². The zero-order valence-electron chi connectivity index (χ0n) is 12.7. The van der Waals surface area contributed by atoms with Crippen LogP contribution in [-0.4, -0.2) is 32.2 Å². The van der Waals surface area contributed by atoms with E-state index < -0.39 is 0 Å². The molecule has 2 N–H and O–H groups in total. The molecule has 20 heavy (non-hydrogen) atoms. The summed E-state index contributed by atoms with van der Waals surface area (Å²) in [6, 6.07) is 6.09. The minimum atomic E-state index is 0.359. The van der Waals surface area contributed by atoms with Crippen LogP contribution in [0.15, 0.2) is 23.2 Å². The van der Waals surface area contributed by atoms with Gasteiger partial charge in [-0.15, -0.1) is 0 Å². The summed E-state index contributed by atoms with van der Waals surface area (Å²) < 4.78 is 5.14. The molecule has 0 spiro atoms. The summed E-state index contributed by atoms with van der Waals surface area (Å²) in [4.78, 5) is 4.54. The molecule has 0 aliphatic rings. The van der Waals surface area contributed by atoms with Crippen LogP contribution in [0.3, 0.4) is 0 Å². The Kier molecular flexibility index (Phi) is 7.23. The maximum atomic E-state index is 6.21. The Morgan fingerprint density at radius 3 is 2.70 bits per heavy atom. The van der Waals surface area contributed by atoms with Crippen molar-refractivity contribution in [2.45, 2.75) is 33.2 Å². The average Bonchev–Trinajstić information content (AvgIpc) is 2.40. The molecule has 4 nitrogen and oxygen atoms in total. The predicted octanol–water partition coefficient (Wildman–Crippen LogP) is 2.85. The molecule has 0 fully saturated rings. The number of benzene rings is 1. The Balaban J connectivity index is 2.60. The van der Waals surface area contributed by atoms with Crippen molar-refractivity contribution in [1.82, 2.24) is 10.6 Å². The molecule has 0 aromatic heterocycles. The van der Waals surface area contributed by atoms with Crippen LogP contribution in [0.4, 0.5) is 0 Å². The topological polar surface area (TPSA) is 45.7 Å². The van der Waals surface area contributed by atoms with E-state index in [0.717, 1.165) is 35.3 Å². The normalized spacial score (nSPS) is 11.6. The van der Waals surface area contributed by atoms with Crippen molar-refractivity contribution in [3.05, 3.63) is 28.8 Å². The number of ether oxygens (including phenoxy) is 1. The van der Waals surface area contributed by atoms with Gasteiger partial charge >= 0.3 is 0 Å². The number of aliphatic imine (C=N–C) groups is 1. The largest absolute Gasteiger partial charge is 0.497 e. The summed E-state index contributed by atoms with van der Waals surface area (Å²) >= 11 is 6.21. The fourth-order valence-corrected chi connectivity index (χ4v) is 2.00. The number of rotatable bonds is 6. The highest BCUT2D eigenvalue weighted by molar-refractivity contribution is 6.31. The van der Waals surface area contributed by atoms with Gasteiger partial charge in [-0.2, -0.15) is 0 Å². The van der Waals surface area contributed by atoms with E-state index in [4.69, 9.17) is 16.3 Å². The number of methoxy groups -OCH3 is 1. The molecule has 0 aliphatic heterocycles. The third-order valence-corrected chi connectivity index (χ3v) is 3.03. The fraction of sp³-hybridized carbons (Fsp3) is 0.533. The predicted molar refractivity (Wildman–Crippen MR) is 86.0 cm³/mol. The molecule has 5 heteroatoms. The van der Waals surface area contributed by atoms with E-state index in [2.05, 4.69) is 36.4 Å². The first-order chi connectivity index (χ1) is 9.56. The molecule has 0 amide bonds. The van der Waals surface area contributed by atoms with Crippen LogP contribution in [0.5, 0.6) is 5.75 Å². The van der Waals surface area contributed by atoms with Crippen molar-refractivity contribution in [2.75, 3.05) is 20.2 Å². The standard InChI is InChI=1S/C15H24ClN3O/c1-5-17-15(19-11(2)3)18-9-8-12-6-7-13(20-4)10-14(12)16/h6-7,10-11H,5,8-9H2,1-4H3,(H2,17,18,19). The second kappa shape index (κ2) is 8.69. The van der Waals surface area contributed by atoms with Crippen LogP contribution in [0.1, 0.15) is 26.3 Å². The zero-order chi connectivity index (χ0) is 15.0. The molecular formula is C15H24ClN3O. The molecule has 1 aromatic carbocycles. The van der Waals surface area contributed by atoms with E-state index in [1.165, 1.54) is 0 Å². The summed E-state index contributed by atoms with van der Waals surface area (Å²) in [7, 11) is 1.63. The lowest BCUT2D eigenvalue weighted by atomic mass is 10.1. The minimum Gasteiger partial charge on any atom is -0.497 e. The van der Waals surface area contributed by atoms with Crippen molar-refractivity contribution in [1.29, 1.82) is 0 Å². The van der Waals surface area contributed by atoms with Gasteiger partial charge in [-0.1, -0.05) is 17.7 Å². The van der Waals surface area contributed by atoms with Crippen LogP contribution in [0, 0.1) is 0 Å². The van der Waals surface area contributed by atoms with Gasteiger partial charge in [0.15, 0.2) is 5.96 Å². The second-order valence-electron chi connectivity index (χ2n) is 4.77. The van der Waals surface area contributed by atoms with E-state index in [9.17, 15) is 0 Å². The van der Waals surface area contributed by atoms with Crippen LogP contribution in [0.25, 0.3) is 0 Å². The van der Waals surface area contributed by atoms with E-state index >= 15 is 0 Å². The smallest absolute Gasteiger partial charge is 0.191 e. The van der Waals surface area contributed by atoms with Crippen molar-refractivity contribution in [2.24, 2.45) is 4.99 Å². The van der Waals surface area contributed by atoms with Gasteiger partial charge in [0.2, 0.25) is 0 Å². The molecule has 0 unspecified atom stereocenters. The second-order valence-corrected chi connectivity index (χ2v) is 5.17. The van der Waals surface area contributed by atoms with Crippen LogP contribution in [-0.2, 0) is 6.42 Å². The van der Waals surface area contributed by atoms with E-state index in [0.29, 0.717) is 12.6 Å². The van der Waals surface area contributed by atoms with Gasteiger partial charge in [0.25, 0.3) is 0 Å². The Morgan fingerprint density at radius 1 is 1.40 bits per heavy atom. The van der Waals surface area contributed by atoms with Gasteiger partial charge in [0.05, 0.1) is 7.11 Å². The first-order valence-electron chi connectivity index (χ1n) is 6.94. The number of guanidine groups is 1. The number of nitrogens with one attached hydrogen (secondary N) is 2. The minimum absolute atomic E-state index is 0.359. The molecule has 0 radical (unpaired) electrons. The van der Waals surface area contributed by atoms with Crippen LogP contribution < -0.4 is 15.4 Å². The third kappa shape index (κ3) is 5.70. The summed E-state index contributed by atoms with van der Waals surface area (Å²) in [6.07, 6.45) is 0.803. The molecular weight excluding hydrogens is 274 g/mol. The molecule has 1 rings (SSSR count). The molecule has 0 heterocycles. The molecule has 0 aliphatic carbocycles. The number of hydrogen-bond donors (Lipinski definition) is 2. The molecule has 0 bridgehead atoms. The third-order valence-electron chi connectivity index (χ3n) is 2.68. The van der Waals surface area contributed by atoms with Crippen LogP contribution in [0.2, 0.25) is 5.02 Å². The monoisotopic (exact) mass is 297 g/mol. The summed E-state index contributed by atoms with van der Waals surface area (Å²) in [5.74, 6) is 1.61. The first-order valence-corrected chi connectivity index (χ1v) is 7.31. The first kappa shape index (κ1) is 16.6. The quantitative estimate of drug-likeness (QED) is 0.627. The fourth-order valence-electron chi connectivity index (χ4n) is 1.74. The van der Waals surface area contributed by atoms with Crippen LogP contribution >= 0.6 is 11.6 Å². The van der Waals surface area contributed by atoms with Gasteiger partial charge in [0.1, 0.15) is 5.75 Å². The lowest BCUT2D eigenvalue weighted by Gasteiger charge is -2.14. The maximum absolute atomic E-state index is 6.21. The summed E-state index contributed by atoms with van der Waals surface area (Å²) in [5, 5.41) is 7.23. The highest BCUT2D eigenvalue weighted by atomic mass is 35.5. The zero-order valence-corrected chi connectivity index (χ0v) is 13.4. The van der Waals surface area contributed by atoms with Crippen molar-refractivity contribution in [3.8, 4) is 5.75 Å². The molecule has 0 saturated carbocycles. The van der Waals surface area contributed by atoms with Gasteiger partial charge in [-0.3, -0.25) is 4.99 Å². The molecule has 0 atom stereocenters. The van der Waals surface area contributed by atoms with Crippen molar-refractivity contribution < 1.29 is 4.74 Å². The summed E-state index contributed by atoms with van der Waals surface area (Å²) in [6.45, 7) is 7.77. The Labute approximate surface area is 126 Å². The van der Waals surface area contributed by atoms with E-state index in [-0.39, 0.29) is 0 Å². The van der Waals surface area contributed by atoms with Crippen molar-refractivity contribution >= 4 is 17.6 Å². The molecule has 1 aromatic rings. The summed E-state index contributed by atoms with van der Waals surface area (Å²) in [5.41, 5.74) is 1.08. The average molecular weight is 298 g/mol. The Morgan fingerprint density at radius 2 is 2.15 bits per heavy atom.